The smallest absolute Gasteiger partial charge is 0.258 e. The van der Waals surface area contributed by atoms with Gasteiger partial charge in [0.25, 0.3) is 5.91 Å². The SMILES string of the molecule is CC(C)c1ccc(N2Cc3cc(Br)ccc3C2=O)cc1. The third kappa shape index (κ3) is 2.27. The third-order valence-corrected chi connectivity index (χ3v) is 4.24. The van der Waals surface area contributed by atoms with E-state index in [1.165, 1.54) is 5.56 Å². The lowest BCUT2D eigenvalue weighted by Crippen LogP contribution is -2.22. The van der Waals surface area contributed by atoms with Gasteiger partial charge in [0.15, 0.2) is 0 Å². The van der Waals surface area contributed by atoms with Crippen molar-refractivity contribution in [3.8, 4) is 0 Å². The van der Waals surface area contributed by atoms with Crippen LogP contribution < -0.4 is 4.90 Å². The van der Waals surface area contributed by atoms with E-state index in [2.05, 4.69) is 41.9 Å². The zero-order valence-corrected chi connectivity index (χ0v) is 13.1. The molecule has 0 spiro atoms. The third-order valence-electron chi connectivity index (χ3n) is 3.74. The Kier molecular flexibility index (Phi) is 3.38. The van der Waals surface area contributed by atoms with E-state index in [4.69, 9.17) is 0 Å². The molecule has 2 aromatic rings. The molecule has 102 valence electrons. The Morgan fingerprint density at radius 2 is 1.80 bits per heavy atom. The highest BCUT2D eigenvalue weighted by molar-refractivity contribution is 9.10. The number of rotatable bonds is 2. The topological polar surface area (TPSA) is 20.3 Å². The van der Waals surface area contributed by atoms with Gasteiger partial charge < -0.3 is 4.90 Å². The second-order valence-electron chi connectivity index (χ2n) is 5.44. The molecule has 1 heterocycles. The van der Waals surface area contributed by atoms with Gasteiger partial charge in [-0.1, -0.05) is 41.9 Å². The van der Waals surface area contributed by atoms with Gasteiger partial charge in [-0.15, -0.1) is 0 Å². The molecular weight excluding hydrogens is 314 g/mol. The van der Waals surface area contributed by atoms with E-state index in [-0.39, 0.29) is 5.91 Å². The summed E-state index contributed by atoms with van der Waals surface area (Å²) in [6, 6.07) is 14.1. The molecule has 1 aliphatic heterocycles. The minimum Gasteiger partial charge on any atom is -0.304 e. The fourth-order valence-corrected chi connectivity index (χ4v) is 2.95. The van der Waals surface area contributed by atoms with Crippen molar-refractivity contribution in [2.75, 3.05) is 4.90 Å². The van der Waals surface area contributed by atoms with Gasteiger partial charge in [-0.05, 0) is 47.4 Å². The van der Waals surface area contributed by atoms with E-state index < -0.39 is 0 Å². The van der Waals surface area contributed by atoms with E-state index in [9.17, 15) is 4.79 Å². The molecule has 0 saturated heterocycles. The summed E-state index contributed by atoms with van der Waals surface area (Å²) >= 11 is 3.46. The van der Waals surface area contributed by atoms with Crippen LogP contribution in [0.5, 0.6) is 0 Å². The maximum atomic E-state index is 12.4. The van der Waals surface area contributed by atoms with Crippen LogP contribution in [0.25, 0.3) is 0 Å². The molecule has 0 aliphatic carbocycles. The first-order valence-corrected chi connectivity index (χ1v) is 7.56. The first-order chi connectivity index (χ1) is 9.56. The van der Waals surface area contributed by atoms with Crippen LogP contribution in [-0.4, -0.2) is 5.91 Å². The number of fused-ring (bicyclic) bond motifs is 1. The first-order valence-electron chi connectivity index (χ1n) is 6.76. The van der Waals surface area contributed by atoms with Crippen molar-refractivity contribution in [1.82, 2.24) is 0 Å². The molecular formula is C17H16BrNO. The van der Waals surface area contributed by atoms with Crippen molar-refractivity contribution in [2.45, 2.75) is 26.3 Å². The number of amides is 1. The molecule has 0 atom stereocenters. The molecule has 0 radical (unpaired) electrons. The molecule has 0 N–H and O–H groups in total. The van der Waals surface area contributed by atoms with E-state index in [1.807, 2.05) is 35.2 Å². The highest BCUT2D eigenvalue weighted by Gasteiger charge is 2.28. The van der Waals surface area contributed by atoms with Crippen molar-refractivity contribution >= 4 is 27.5 Å². The number of nitrogens with zero attached hydrogens (tertiary/aromatic N) is 1. The summed E-state index contributed by atoms with van der Waals surface area (Å²) < 4.78 is 1.01. The van der Waals surface area contributed by atoms with E-state index in [1.54, 1.807) is 0 Å². The predicted octanol–water partition coefficient (Wildman–Crippen LogP) is 4.73. The molecule has 0 bridgehead atoms. The molecule has 20 heavy (non-hydrogen) atoms. The first kappa shape index (κ1) is 13.4. The van der Waals surface area contributed by atoms with Crippen molar-refractivity contribution in [2.24, 2.45) is 0 Å². The lowest BCUT2D eigenvalue weighted by Gasteiger charge is -2.16. The molecule has 3 rings (SSSR count). The lowest BCUT2D eigenvalue weighted by molar-refractivity contribution is 0.0996. The van der Waals surface area contributed by atoms with Crippen LogP contribution in [0.3, 0.4) is 0 Å². The number of anilines is 1. The van der Waals surface area contributed by atoms with E-state index in [0.717, 1.165) is 21.3 Å². The van der Waals surface area contributed by atoms with E-state index >= 15 is 0 Å². The average molecular weight is 330 g/mol. The van der Waals surface area contributed by atoms with Crippen molar-refractivity contribution in [3.05, 3.63) is 63.6 Å². The Morgan fingerprint density at radius 3 is 2.45 bits per heavy atom. The van der Waals surface area contributed by atoms with Crippen molar-refractivity contribution in [3.63, 3.8) is 0 Å². The van der Waals surface area contributed by atoms with Gasteiger partial charge in [-0.3, -0.25) is 4.79 Å². The summed E-state index contributed by atoms with van der Waals surface area (Å²) in [6.45, 7) is 4.99. The van der Waals surface area contributed by atoms with Crippen LogP contribution in [0.2, 0.25) is 0 Å². The number of carbonyl (C=O) groups is 1. The van der Waals surface area contributed by atoms with Crippen molar-refractivity contribution < 1.29 is 4.79 Å². The van der Waals surface area contributed by atoms with Crippen LogP contribution >= 0.6 is 15.9 Å². The highest BCUT2D eigenvalue weighted by atomic mass is 79.9. The summed E-state index contributed by atoms with van der Waals surface area (Å²) in [5.74, 6) is 0.594. The van der Waals surface area contributed by atoms with Crippen LogP contribution in [0.1, 0.15) is 41.3 Å². The molecule has 0 saturated carbocycles. The van der Waals surface area contributed by atoms with Gasteiger partial charge in [0, 0.05) is 15.7 Å². The van der Waals surface area contributed by atoms with Gasteiger partial charge in [0.2, 0.25) is 0 Å². The second-order valence-corrected chi connectivity index (χ2v) is 6.35. The van der Waals surface area contributed by atoms with Gasteiger partial charge in [-0.25, -0.2) is 0 Å². The van der Waals surface area contributed by atoms with Gasteiger partial charge in [-0.2, -0.15) is 0 Å². The van der Waals surface area contributed by atoms with Crippen LogP contribution in [0.15, 0.2) is 46.9 Å². The molecule has 2 aromatic carbocycles. The predicted molar refractivity (Wildman–Crippen MR) is 85.2 cm³/mol. The molecule has 1 amide bonds. The van der Waals surface area contributed by atoms with Crippen LogP contribution in [0.4, 0.5) is 5.69 Å². The summed E-state index contributed by atoms with van der Waals surface area (Å²) in [4.78, 5) is 14.3. The normalized spacial score (nSPS) is 14.0. The summed E-state index contributed by atoms with van der Waals surface area (Å²) in [5, 5.41) is 0. The zero-order chi connectivity index (χ0) is 14.3. The fraction of sp³-hybridized carbons (Fsp3) is 0.235. The average Bonchev–Trinajstić information content (AvgIpc) is 2.75. The Morgan fingerprint density at radius 1 is 1.10 bits per heavy atom. The standard InChI is InChI=1S/C17H16BrNO/c1-11(2)12-3-6-15(7-4-12)19-10-13-9-14(18)5-8-16(13)17(19)20/h3-9,11H,10H2,1-2H3. The van der Waals surface area contributed by atoms with E-state index in [0.29, 0.717) is 12.5 Å². The number of carbonyl (C=O) groups excluding carboxylic acids is 1. The van der Waals surface area contributed by atoms with Crippen molar-refractivity contribution in [1.29, 1.82) is 0 Å². The zero-order valence-electron chi connectivity index (χ0n) is 11.6. The summed E-state index contributed by atoms with van der Waals surface area (Å²) in [5.41, 5.74) is 4.14. The number of benzene rings is 2. The van der Waals surface area contributed by atoms with Crippen LogP contribution in [-0.2, 0) is 6.54 Å². The maximum Gasteiger partial charge on any atom is 0.258 e. The number of hydrogen-bond acceptors (Lipinski definition) is 1. The van der Waals surface area contributed by atoms with Gasteiger partial charge in [0.1, 0.15) is 0 Å². The minimum atomic E-state index is 0.0878. The molecule has 0 unspecified atom stereocenters. The Hall–Kier alpha value is -1.61. The Balaban J connectivity index is 1.92. The summed E-state index contributed by atoms with van der Waals surface area (Å²) in [7, 11) is 0. The second kappa shape index (κ2) is 5.06. The molecule has 1 aliphatic rings. The van der Waals surface area contributed by atoms with Crippen LogP contribution in [0, 0.1) is 0 Å². The van der Waals surface area contributed by atoms with Gasteiger partial charge in [0.05, 0.1) is 6.54 Å². The Bertz CT molecular complexity index is 661. The maximum absolute atomic E-state index is 12.4. The molecule has 0 fully saturated rings. The molecule has 3 heteroatoms. The largest absolute Gasteiger partial charge is 0.304 e. The highest BCUT2D eigenvalue weighted by Crippen LogP contribution is 2.30. The molecule has 2 nitrogen and oxygen atoms in total. The fourth-order valence-electron chi connectivity index (χ4n) is 2.54. The Labute approximate surface area is 127 Å². The quantitative estimate of drug-likeness (QED) is 0.779. The summed E-state index contributed by atoms with van der Waals surface area (Å²) in [6.07, 6.45) is 0. The minimum absolute atomic E-state index is 0.0878. The number of hydrogen-bond donors (Lipinski definition) is 0. The monoisotopic (exact) mass is 329 g/mol. The van der Waals surface area contributed by atoms with Gasteiger partial charge >= 0.3 is 0 Å². The molecule has 0 aromatic heterocycles. The lowest BCUT2D eigenvalue weighted by atomic mass is 10.0. The number of halogens is 1.